The highest BCUT2D eigenvalue weighted by atomic mass is 16.5. The zero-order valence-corrected chi connectivity index (χ0v) is 12.0. The lowest BCUT2D eigenvalue weighted by Gasteiger charge is -2.25. The van der Waals surface area contributed by atoms with Crippen LogP contribution in [0, 0.1) is 5.92 Å². The van der Waals surface area contributed by atoms with Gasteiger partial charge in [0.05, 0.1) is 18.8 Å². The van der Waals surface area contributed by atoms with E-state index in [1.165, 1.54) is 7.11 Å². The number of hydrogen-bond acceptors (Lipinski definition) is 4. The SMILES string of the molecule is COC(=O)c1ccccc1CNCC1CCC(O)CC1. The van der Waals surface area contributed by atoms with E-state index in [1.54, 1.807) is 6.07 Å². The van der Waals surface area contributed by atoms with Crippen molar-refractivity contribution in [3.05, 3.63) is 35.4 Å². The first kappa shape index (κ1) is 15.0. The van der Waals surface area contributed by atoms with Gasteiger partial charge in [-0.3, -0.25) is 0 Å². The molecule has 1 aliphatic rings. The predicted octanol–water partition coefficient (Wildman–Crippen LogP) is 2.11. The first-order chi connectivity index (χ1) is 9.70. The van der Waals surface area contributed by atoms with Gasteiger partial charge < -0.3 is 15.2 Å². The van der Waals surface area contributed by atoms with Gasteiger partial charge in [0.1, 0.15) is 0 Å². The standard InChI is InChI=1S/C16H23NO3/c1-20-16(19)15-5-3-2-4-13(15)11-17-10-12-6-8-14(18)9-7-12/h2-5,12,14,17-18H,6-11H2,1H3. The largest absolute Gasteiger partial charge is 0.465 e. The van der Waals surface area contributed by atoms with Gasteiger partial charge in [-0.15, -0.1) is 0 Å². The van der Waals surface area contributed by atoms with Crippen molar-refractivity contribution in [3.63, 3.8) is 0 Å². The van der Waals surface area contributed by atoms with Crippen molar-refractivity contribution in [1.82, 2.24) is 5.32 Å². The molecule has 110 valence electrons. The molecule has 4 heteroatoms. The van der Waals surface area contributed by atoms with Crippen LogP contribution in [-0.4, -0.2) is 30.8 Å². The number of rotatable bonds is 5. The monoisotopic (exact) mass is 277 g/mol. The third-order valence-corrected chi connectivity index (χ3v) is 3.99. The van der Waals surface area contributed by atoms with Crippen molar-refractivity contribution < 1.29 is 14.6 Å². The Balaban J connectivity index is 1.83. The number of aliphatic hydroxyl groups excluding tert-OH is 1. The minimum atomic E-state index is -0.289. The van der Waals surface area contributed by atoms with E-state index in [4.69, 9.17) is 4.74 Å². The third kappa shape index (κ3) is 4.05. The Morgan fingerprint density at radius 1 is 1.30 bits per heavy atom. The number of esters is 1. The summed E-state index contributed by atoms with van der Waals surface area (Å²) >= 11 is 0. The van der Waals surface area contributed by atoms with Crippen LogP contribution in [0.5, 0.6) is 0 Å². The molecule has 0 heterocycles. The lowest BCUT2D eigenvalue weighted by atomic mass is 9.87. The summed E-state index contributed by atoms with van der Waals surface area (Å²) in [4.78, 5) is 11.7. The molecule has 4 nitrogen and oxygen atoms in total. The summed E-state index contributed by atoms with van der Waals surface area (Å²) in [6.45, 7) is 1.60. The summed E-state index contributed by atoms with van der Waals surface area (Å²) in [5.74, 6) is 0.340. The second-order valence-corrected chi connectivity index (χ2v) is 5.45. The van der Waals surface area contributed by atoms with E-state index in [0.29, 0.717) is 18.0 Å². The maximum Gasteiger partial charge on any atom is 0.338 e. The molecule has 0 amide bonds. The Kier molecular flexibility index (Phi) is 5.56. The summed E-state index contributed by atoms with van der Waals surface area (Å²) in [6, 6.07) is 7.52. The minimum absolute atomic E-state index is 0.105. The van der Waals surface area contributed by atoms with Crippen LogP contribution in [0.3, 0.4) is 0 Å². The van der Waals surface area contributed by atoms with Crippen molar-refractivity contribution in [2.24, 2.45) is 5.92 Å². The molecule has 0 saturated heterocycles. The van der Waals surface area contributed by atoms with E-state index in [2.05, 4.69) is 5.32 Å². The summed E-state index contributed by atoms with van der Waals surface area (Å²) in [5, 5.41) is 12.9. The Morgan fingerprint density at radius 3 is 2.70 bits per heavy atom. The molecule has 2 rings (SSSR count). The topological polar surface area (TPSA) is 58.6 Å². The highest BCUT2D eigenvalue weighted by Crippen LogP contribution is 2.23. The van der Waals surface area contributed by atoms with Crippen LogP contribution in [0.4, 0.5) is 0 Å². The number of methoxy groups -OCH3 is 1. The number of hydrogen-bond donors (Lipinski definition) is 2. The van der Waals surface area contributed by atoms with E-state index in [9.17, 15) is 9.90 Å². The number of carbonyl (C=O) groups is 1. The summed E-state index contributed by atoms with van der Waals surface area (Å²) in [6.07, 6.45) is 3.86. The van der Waals surface area contributed by atoms with Crippen LogP contribution >= 0.6 is 0 Å². The zero-order chi connectivity index (χ0) is 14.4. The first-order valence-electron chi connectivity index (χ1n) is 7.25. The van der Waals surface area contributed by atoms with E-state index in [1.807, 2.05) is 18.2 Å². The number of carbonyl (C=O) groups excluding carboxylic acids is 1. The fraction of sp³-hybridized carbons (Fsp3) is 0.562. The first-order valence-corrected chi connectivity index (χ1v) is 7.25. The second-order valence-electron chi connectivity index (χ2n) is 5.45. The molecule has 0 aromatic heterocycles. The van der Waals surface area contributed by atoms with Gasteiger partial charge in [-0.25, -0.2) is 4.79 Å². The molecule has 1 aromatic carbocycles. The molecule has 1 saturated carbocycles. The van der Waals surface area contributed by atoms with Crippen molar-refractivity contribution >= 4 is 5.97 Å². The summed E-state index contributed by atoms with van der Waals surface area (Å²) in [5.41, 5.74) is 1.59. The van der Waals surface area contributed by atoms with Crippen LogP contribution in [0.25, 0.3) is 0 Å². The van der Waals surface area contributed by atoms with Crippen LogP contribution in [0.15, 0.2) is 24.3 Å². The molecule has 0 bridgehead atoms. The van der Waals surface area contributed by atoms with Gasteiger partial charge in [0.2, 0.25) is 0 Å². The van der Waals surface area contributed by atoms with Gasteiger partial charge >= 0.3 is 5.97 Å². The molecule has 0 aliphatic heterocycles. The van der Waals surface area contributed by atoms with Crippen molar-refractivity contribution in [2.75, 3.05) is 13.7 Å². The molecule has 20 heavy (non-hydrogen) atoms. The Bertz CT molecular complexity index is 439. The number of aliphatic hydroxyl groups is 1. The smallest absolute Gasteiger partial charge is 0.338 e. The average Bonchev–Trinajstić information content (AvgIpc) is 2.49. The van der Waals surface area contributed by atoms with Crippen LogP contribution < -0.4 is 5.32 Å². The van der Waals surface area contributed by atoms with Gasteiger partial charge in [-0.05, 0) is 49.8 Å². The van der Waals surface area contributed by atoms with Crippen LogP contribution in [-0.2, 0) is 11.3 Å². The zero-order valence-electron chi connectivity index (χ0n) is 12.0. The maximum absolute atomic E-state index is 11.7. The number of nitrogens with one attached hydrogen (secondary N) is 1. The summed E-state index contributed by atoms with van der Waals surface area (Å²) < 4.78 is 4.79. The number of ether oxygens (including phenoxy) is 1. The fourth-order valence-electron chi connectivity index (χ4n) is 2.74. The molecule has 2 N–H and O–H groups in total. The van der Waals surface area contributed by atoms with Gasteiger partial charge in [0.15, 0.2) is 0 Å². The molecular formula is C16H23NO3. The van der Waals surface area contributed by atoms with Crippen molar-refractivity contribution in [3.8, 4) is 0 Å². The highest BCUT2D eigenvalue weighted by Gasteiger charge is 2.19. The predicted molar refractivity (Wildman–Crippen MR) is 77.5 cm³/mol. The van der Waals surface area contributed by atoms with Gasteiger partial charge in [0, 0.05) is 6.54 Å². The summed E-state index contributed by atoms with van der Waals surface area (Å²) in [7, 11) is 1.40. The maximum atomic E-state index is 11.7. The van der Waals surface area contributed by atoms with Crippen LogP contribution in [0.1, 0.15) is 41.6 Å². The lowest BCUT2D eigenvalue weighted by Crippen LogP contribution is -2.28. The van der Waals surface area contributed by atoms with Crippen molar-refractivity contribution in [2.45, 2.75) is 38.3 Å². The molecule has 0 unspecified atom stereocenters. The average molecular weight is 277 g/mol. The second kappa shape index (κ2) is 7.41. The normalized spacial score (nSPS) is 22.5. The van der Waals surface area contributed by atoms with E-state index >= 15 is 0 Å². The molecule has 1 fully saturated rings. The molecule has 0 radical (unpaired) electrons. The molecule has 1 aliphatic carbocycles. The highest BCUT2D eigenvalue weighted by molar-refractivity contribution is 5.90. The van der Waals surface area contributed by atoms with E-state index in [-0.39, 0.29) is 12.1 Å². The van der Waals surface area contributed by atoms with Gasteiger partial charge in [0.25, 0.3) is 0 Å². The van der Waals surface area contributed by atoms with Crippen molar-refractivity contribution in [1.29, 1.82) is 0 Å². The lowest BCUT2D eigenvalue weighted by molar-refractivity contribution is 0.0599. The molecule has 1 aromatic rings. The van der Waals surface area contributed by atoms with Gasteiger partial charge in [-0.2, -0.15) is 0 Å². The Labute approximate surface area is 120 Å². The fourth-order valence-corrected chi connectivity index (χ4v) is 2.74. The third-order valence-electron chi connectivity index (χ3n) is 3.99. The molecule has 0 atom stereocenters. The van der Waals surface area contributed by atoms with E-state index < -0.39 is 0 Å². The number of benzene rings is 1. The Morgan fingerprint density at radius 2 is 2.00 bits per heavy atom. The van der Waals surface area contributed by atoms with Gasteiger partial charge in [-0.1, -0.05) is 18.2 Å². The molecular weight excluding hydrogens is 254 g/mol. The Hall–Kier alpha value is -1.39. The molecule has 0 spiro atoms. The minimum Gasteiger partial charge on any atom is -0.465 e. The van der Waals surface area contributed by atoms with Crippen LogP contribution in [0.2, 0.25) is 0 Å². The quantitative estimate of drug-likeness (QED) is 0.809. The van der Waals surface area contributed by atoms with E-state index in [0.717, 1.165) is 37.8 Å².